The lowest BCUT2D eigenvalue weighted by molar-refractivity contribution is -0.385. The van der Waals surface area contributed by atoms with Crippen molar-refractivity contribution in [1.82, 2.24) is 4.98 Å². The van der Waals surface area contributed by atoms with E-state index in [1.54, 1.807) is 30.5 Å². The Morgan fingerprint density at radius 1 is 1.06 bits per heavy atom. The van der Waals surface area contributed by atoms with E-state index < -0.39 is 4.92 Å². The Hall–Kier alpha value is -3.58. The Kier molecular flexibility index (Phi) is 6.01. The SMILES string of the molecule is Cc1cc(C)c2oc(-c3ccc(C)c(N=C/C=C/c4ccc(Br)c([N+](=O)[O-])c4)c3)nc2c1. The van der Waals surface area contributed by atoms with Gasteiger partial charge in [0.2, 0.25) is 5.89 Å². The van der Waals surface area contributed by atoms with Crippen LogP contribution in [-0.4, -0.2) is 16.1 Å². The summed E-state index contributed by atoms with van der Waals surface area (Å²) in [6.45, 7) is 6.04. The standard InChI is InChI=1S/C25H20BrN3O3/c1-15-11-17(3)24-22(12-15)28-25(32-24)19-8-6-16(2)21(14-19)27-10-4-5-18-7-9-20(26)23(13-18)29(30)31/h4-14H,1-3H3/b5-4+,27-10?. The van der Waals surface area contributed by atoms with Gasteiger partial charge in [-0.05, 0) is 89.3 Å². The van der Waals surface area contributed by atoms with E-state index in [1.807, 2.05) is 45.0 Å². The molecule has 0 saturated carbocycles. The number of nitro benzene ring substituents is 1. The van der Waals surface area contributed by atoms with Gasteiger partial charge in [-0.25, -0.2) is 4.98 Å². The maximum absolute atomic E-state index is 11.1. The van der Waals surface area contributed by atoms with Gasteiger partial charge in [0.05, 0.1) is 15.1 Å². The maximum atomic E-state index is 11.1. The first kappa shape index (κ1) is 21.6. The summed E-state index contributed by atoms with van der Waals surface area (Å²) in [6.07, 6.45) is 5.19. The molecule has 1 heterocycles. The van der Waals surface area contributed by atoms with E-state index in [0.717, 1.165) is 39.0 Å². The number of benzene rings is 3. The fraction of sp³-hybridized carbons (Fsp3) is 0.120. The number of nitrogens with zero attached hydrogens (tertiary/aromatic N) is 3. The summed E-state index contributed by atoms with van der Waals surface area (Å²) >= 11 is 3.19. The van der Waals surface area contributed by atoms with Crippen LogP contribution in [0.2, 0.25) is 0 Å². The minimum Gasteiger partial charge on any atom is -0.436 e. The molecule has 0 spiro atoms. The summed E-state index contributed by atoms with van der Waals surface area (Å²) < 4.78 is 6.47. The second kappa shape index (κ2) is 8.88. The number of fused-ring (bicyclic) bond motifs is 1. The third-order valence-corrected chi connectivity index (χ3v) is 5.70. The molecule has 1 aromatic heterocycles. The Morgan fingerprint density at radius 2 is 1.88 bits per heavy atom. The van der Waals surface area contributed by atoms with Gasteiger partial charge < -0.3 is 4.42 Å². The van der Waals surface area contributed by atoms with Crippen LogP contribution < -0.4 is 0 Å². The smallest absolute Gasteiger partial charge is 0.284 e. The summed E-state index contributed by atoms with van der Waals surface area (Å²) in [7, 11) is 0. The zero-order chi connectivity index (χ0) is 22.8. The van der Waals surface area contributed by atoms with Crippen LogP contribution >= 0.6 is 15.9 Å². The molecule has 32 heavy (non-hydrogen) atoms. The molecule has 0 atom stereocenters. The summed E-state index contributed by atoms with van der Waals surface area (Å²) in [4.78, 5) is 19.9. The normalized spacial score (nSPS) is 11.8. The first-order valence-corrected chi connectivity index (χ1v) is 10.7. The molecule has 0 aliphatic carbocycles. The molecule has 0 aliphatic heterocycles. The molecule has 0 fully saturated rings. The van der Waals surface area contributed by atoms with Crippen molar-refractivity contribution >= 4 is 50.7 Å². The molecule has 0 bridgehead atoms. The first-order chi connectivity index (χ1) is 15.3. The van der Waals surface area contributed by atoms with E-state index in [9.17, 15) is 10.1 Å². The molecule has 0 radical (unpaired) electrons. The van der Waals surface area contributed by atoms with E-state index in [4.69, 9.17) is 4.42 Å². The Morgan fingerprint density at radius 3 is 2.66 bits per heavy atom. The van der Waals surface area contributed by atoms with Crippen LogP contribution in [0.25, 0.3) is 28.6 Å². The number of halogens is 1. The van der Waals surface area contributed by atoms with Crippen LogP contribution in [0, 0.1) is 30.9 Å². The van der Waals surface area contributed by atoms with E-state index >= 15 is 0 Å². The van der Waals surface area contributed by atoms with E-state index in [-0.39, 0.29) is 5.69 Å². The van der Waals surface area contributed by atoms with Crippen molar-refractivity contribution in [1.29, 1.82) is 0 Å². The van der Waals surface area contributed by atoms with Crippen LogP contribution in [0.3, 0.4) is 0 Å². The number of hydrogen-bond acceptors (Lipinski definition) is 5. The highest BCUT2D eigenvalue weighted by molar-refractivity contribution is 9.10. The molecule has 160 valence electrons. The first-order valence-electron chi connectivity index (χ1n) is 9.95. The predicted molar refractivity (Wildman–Crippen MR) is 132 cm³/mol. The minimum atomic E-state index is -0.417. The van der Waals surface area contributed by atoms with Gasteiger partial charge in [0.25, 0.3) is 5.69 Å². The van der Waals surface area contributed by atoms with Gasteiger partial charge in [-0.2, -0.15) is 0 Å². The lowest BCUT2D eigenvalue weighted by Crippen LogP contribution is -1.89. The van der Waals surface area contributed by atoms with Crippen molar-refractivity contribution in [2.75, 3.05) is 0 Å². The number of hydrogen-bond donors (Lipinski definition) is 0. The summed E-state index contributed by atoms with van der Waals surface area (Å²) in [5, 5.41) is 11.1. The molecular weight excluding hydrogens is 470 g/mol. The van der Waals surface area contributed by atoms with Gasteiger partial charge in [-0.3, -0.25) is 15.1 Å². The predicted octanol–water partition coefficient (Wildman–Crippen LogP) is 7.51. The molecular formula is C25H20BrN3O3. The Bertz CT molecular complexity index is 1400. The van der Waals surface area contributed by atoms with Gasteiger partial charge in [0.1, 0.15) is 5.52 Å². The maximum Gasteiger partial charge on any atom is 0.284 e. The van der Waals surface area contributed by atoms with Gasteiger partial charge in [0.15, 0.2) is 5.58 Å². The number of aliphatic imine (C=N–C) groups is 1. The largest absolute Gasteiger partial charge is 0.436 e. The fourth-order valence-electron chi connectivity index (χ4n) is 3.43. The lowest BCUT2D eigenvalue weighted by atomic mass is 10.1. The van der Waals surface area contributed by atoms with Crippen molar-refractivity contribution in [2.24, 2.45) is 4.99 Å². The second-order valence-corrected chi connectivity index (χ2v) is 8.41. The monoisotopic (exact) mass is 489 g/mol. The van der Waals surface area contributed by atoms with Crippen LogP contribution in [0.1, 0.15) is 22.3 Å². The van der Waals surface area contributed by atoms with Gasteiger partial charge in [-0.1, -0.05) is 24.3 Å². The highest BCUT2D eigenvalue weighted by Gasteiger charge is 2.12. The molecule has 0 aliphatic rings. The average Bonchev–Trinajstić information content (AvgIpc) is 3.17. The van der Waals surface area contributed by atoms with Gasteiger partial charge >= 0.3 is 0 Å². The van der Waals surface area contributed by atoms with E-state index in [2.05, 4.69) is 32.0 Å². The minimum absolute atomic E-state index is 0.0244. The molecule has 6 nitrogen and oxygen atoms in total. The zero-order valence-electron chi connectivity index (χ0n) is 17.8. The number of aryl methyl sites for hydroxylation is 3. The molecule has 0 saturated heterocycles. The van der Waals surface area contributed by atoms with Crippen LogP contribution in [0.4, 0.5) is 11.4 Å². The van der Waals surface area contributed by atoms with Crippen molar-refractivity contribution < 1.29 is 9.34 Å². The summed E-state index contributed by atoms with van der Waals surface area (Å²) in [5.74, 6) is 0.558. The molecule has 4 rings (SSSR count). The number of oxazole rings is 1. The molecule has 3 aromatic carbocycles. The van der Waals surface area contributed by atoms with Crippen molar-refractivity contribution in [3.63, 3.8) is 0 Å². The lowest BCUT2D eigenvalue weighted by Gasteiger charge is -2.02. The molecule has 0 amide bonds. The zero-order valence-corrected chi connectivity index (χ0v) is 19.4. The van der Waals surface area contributed by atoms with Crippen molar-refractivity contribution in [2.45, 2.75) is 20.8 Å². The summed E-state index contributed by atoms with van der Waals surface area (Å²) in [6, 6.07) is 15.0. The second-order valence-electron chi connectivity index (χ2n) is 7.56. The van der Waals surface area contributed by atoms with Crippen LogP contribution in [-0.2, 0) is 0 Å². The van der Waals surface area contributed by atoms with Gasteiger partial charge in [-0.15, -0.1) is 0 Å². The molecule has 4 aromatic rings. The van der Waals surface area contributed by atoms with E-state index in [1.165, 1.54) is 6.07 Å². The van der Waals surface area contributed by atoms with Gasteiger partial charge in [0, 0.05) is 17.8 Å². The molecule has 7 heteroatoms. The summed E-state index contributed by atoms with van der Waals surface area (Å²) in [5.41, 5.74) is 7.24. The van der Waals surface area contributed by atoms with Crippen LogP contribution in [0.5, 0.6) is 0 Å². The van der Waals surface area contributed by atoms with Crippen molar-refractivity contribution in [3.05, 3.63) is 91.4 Å². The van der Waals surface area contributed by atoms with Crippen molar-refractivity contribution in [3.8, 4) is 11.5 Å². The topological polar surface area (TPSA) is 81.5 Å². The number of nitro groups is 1. The molecule has 0 N–H and O–H groups in total. The number of aromatic nitrogens is 1. The third kappa shape index (κ3) is 4.53. The third-order valence-electron chi connectivity index (χ3n) is 5.03. The quantitative estimate of drug-likeness (QED) is 0.165. The Balaban J connectivity index is 1.59. The Labute approximate surface area is 193 Å². The number of allylic oxidation sites excluding steroid dienone is 1. The van der Waals surface area contributed by atoms with E-state index in [0.29, 0.717) is 15.9 Å². The highest BCUT2D eigenvalue weighted by Crippen LogP contribution is 2.31. The fourth-order valence-corrected chi connectivity index (χ4v) is 3.82. The molecule has 0 unspecified atom stereocenters. The number of rotatable bonds is 5. The van der Waals surface area contributed by atoms with Crippen LogP contribution in [0.15, 0.2) is 68.5 Å². The average molecular weight is 490 g/mol. The highest BCUT2D eigenvalue weighted by atomic mass is 79.9.